The first-order chi connectivity index (χ1) is 14.4. The van der Waals surface area contributed by atoms with Crippen LogP contribution >= 0.6 is 0 Å². The standard InChI is InChI=1S/C19H20N6O5/c1-3-24-17(18(27)22-12-5-4-6-13(9-12)30-2)14(10-21-24)23-16(26)11-25-15(19(28)29)7-8-20-25/h4-10H,3,11H2,1-2H3,(H,22,27)(H,23,26)(H,28,29). The number of methoxy groups -OCH3 is 1. The Morgan fingerprint density at radius 2 is 1.93 bits per heavy atom. The highest BCUT2D eigenvalue weighted by molar-refractivity contribution is 6.09. The van der Waals surface area contributed by atoms with Crippen LogP contribution in [0, 0.1) is 0 Å². The minimum absolute atomic E-state index is 0.120. The van der Waals surface area contributed by atoms with Crippen molar-refractivity contribution >= 4 is 29.2 Å². The number of hydrogen-bond donors (Lipinski definition) is 3. The highest BCUT2D eigenvalue weighted by Gasteiger charge is 2.21. The van der Waals surface area contributed by atoms with Crippen molar-refractivity contribution in [2.75, 3.05) is 17.7 Å². The summed E-state index contributed by atoms with van der Waals surface area (Å²) in [7, 11) is 1.52. The van der Waals surface area contributed by atoms with Crippen molar-refractivity contribution in [3.8, 4) is 5.75 Å². The summed E-state index contributed by atoms with van der Waals surface area (Å²) in [4.78, 5) is 36.4. The fourth-order valence-electron chi connectivity index (χ4n) is 2.81. The minimum atomic E-state index is -1.20. The number of nitrogens with zero attached hydrogens (tertiary/aromatic N) is 4. The van der Waals surface area contributed by atoms with E-state index in [0.717, 1.165) is 4.68 Å². The first-order valence-corrected chi connectivity index (χ1v) is 8.99. The second-order valence-corrected chi connectivity index (χ2v) is 6.14. The molecule has 11 nitrogen and oxygen atoms in total. The van der Waals surface area contributed by atoms with E-state index < -0.39 is 17.8 Å². The molecular formula is C19H20N6O5. The number of aryl methyl sites for hydroxylation is 1. The molecule has 0 radical (unpaired) electrons. The number of carbonyl (C=O) groups excluding carboxylic acids is 2. The van der Waals surface area contributed by atoms with Crippen LogP contribution in [-0.2, 0) is 17.9 Å². The Labute approximate surface area is 171 Å². The van der Waals surface area contributed by atoms with Gasteiger partial charge in [-0.2, -0.15) is 10.2 Å². The van der Waals surface area contributed by atoms with E-state index in [-0.39, 0.29) is 23.6 Å². The van der Waals surface area contributed by atoms with Crippen LogP contribution in [0.5, 0.6) is 5.75 Å². The molecule has 0 atom stereocenters. The molecule has 0 aliphatic carbocycles. The summed E-state index contributed by atoms with van der Waals surface area (Å²) in [5.41, 5.74) is 0.757. The molecule has 0 saturated carbocycles. The Bertz CT molecular complexity index is 1090. The number of benzene rings is 1. The second kappa shape index (κ2) is 8.90. The van der Waals surface area contributed by atoms with E-state index in [1.165, 1.54) is 30.3 Å². The molecule has 11 heteroatoms. The number of ether oxygens (including phenoxy) is 1. The first-order valence-electron chi connectivity index (χ1n) is 8.99. The normalized spacial score (nSPS) is 10.5. The van der Waals surface area contributed by atoms with Gasteiger partial charge in [0.1, 0.15) is 23.7 Å². The molecule has 2 aromatic heterocycles. The maximum atomic E-state index is 12.9. The van der Waals surface area contributed by atoms with Crippen LogP contribution in [0.3, 0.4) is 0 Å². The summed E-state index contributed by atoms with van der Waals surface area (Å²) in [6, 6.07) is 8.14. The Balaban J connectivity index is 1.78. The molecule has 30 heavy (non-hydrogen) atoms. The number of hydrogen-bond acceptors (Lipinski definition) is 6. The molecule has 0 aliphatic heterocycles. The molecule has 156 valence electrons. The molecule has 0 aliphatic rings. The van der Waals surface area contributed by atoms with Gasteiger partial charge >= 0.3 is 5.97 Å². The van der Waals surface area contributed by atoms with Gasteiger partial charge in [-0.25, -0.2) is 9.48 Å². The first kappa shape index (κ1) is 20.6. The monoisotopic (exact) mass is 412 g/mol. The molecule has 2 heterocycles. The highest BCUT2D eigenvalue weighted by Crippen LogP contribution is 2.20. The predicted octanol–water partition coefficient (Wildman–Crippen LogP) is 1.70. The summed E-state index contributed by atoms with van der Waals surface area (Å²) in [5, 5.41) is 22.4. The maximum Gasteiger partial charge on any atom is 0.354 e. The topological polar surface area (TPSA) is 140 Å². The van der Waals surface area contributed by atoms with Crippen molar-refractivity contribution in [2.24, 2.45) is 0 Å². The smallest absolute Gasteiger partial charge is 0.354 e. The molecule has 0 unspecified atom stereocenters. The van der Waals surface area contributed by atoms with Gasteiger partial charge in [-0.3, -0.25) is 14.3 Å². The minimum Gasteiger partial charge on any atom is -0.497 e. The molecule has 2 amide bonds. The Hall–Kier alpha value is -4.15. The number of nitrogens with one attached hydrogen (secondary N) is 2. The summed E-state index contributed by atoms with van der Waals surface area (Å²) >= 11 is 0. The SMILES string of the molecule is CCn1ncc(NC(=O)Cn2nccc2C(=O)O)c1C(=O)Nc1cccc(OC)c1. The van der Waals surface area contributed by atoms with Gasteiger partial charge in [-0.1, -0.05) is 6.07 Å². The van der Waals surface area contributed by atoms with E-state index in [1.54, 1.807) is 24.3 Å². The van der Waals surface area contributed by atoms with Crippen LogP contribution in [0.25, 0.3) is 0 Å². The van der Waals surface area contributed by atoms with Crippen LogP contribution in [-0.4, -0.2) is 49.6 Å². The molecule has 3 aromatic rings. The fourth-order valence-corrected chi connectivity index (χ4v) is 2.81. The lowest BCUT2D eigenvalue weighted by Crippen LogP contribution is -2.24. The Morgan fingerprint density at radius 1 is 1.13 bits per heavy atom. The lowest BCUT2D eigenvalue weighted by molar-refractivity contribution is -0.116. The average Bonchev–Trinajstić information content (AvgIpc) is 3.34. The molecule has 0 fully saturated rings. The summed E-state index contributed by atoms with van der Waals surface area (Å²) < 4.78 is 7.65. The zero-order valence-corrected chi connectivity index (χ0v) is 16.3. The van der Waals surface area contributed by atoms with E-state index in [0.29, 0.717) is 18.0 Å². The van der Waals surface area contributed by atoms with E-state index in [1.807, 2.05) is 6.92 Å². The van der Waals surface area contributed by atoms with Gasteiger partial charge in [0.25, 0.3) is 5.91 Å². The second-order valence-electron chi connectivity index (χ2n) is 6.14. The number of anilines is 2. The Morgan fingerprint density at radius 3 is 2.63 bits per heavy atom. The average molecular weight is 412 g/mol. The van der Waals surface area contributed by atoms with Gasteiger partial charge in [-0.15, -0.1) is 0 Å². The number of carboxylic acid groups (broad SMARTS) is 1. The van der Waals surface area contributed by atoms with Gasteiger partial charge in [0.15, 0.2) is 0 Å². The van der Waals surface area contributed by atoms with Crippen LogP contribution in [0.2, 0.25) is 0 Å². The number of rotatable bonds is 8. The number of amides is 2. The predicted molar refractivity (Wildman–Crippen MR) is 107 cm³/mol. The van der Waals surface area contributed by atoms with E-state index >= 15 is 0 Å². The van der Waals surface area contributed by atoms with Crippen LogP contribution in [0.4, 0.5) is 11.4 Å². The molecule has 0 bridgehead atoms. The van der Waals surface area contributed by atoms with Gasteiger partial charge in [0.2, 0.25) is 5.91 Å². The van der Waals surface area contributed by atoms with Crippen molar-refractivity contribution in [2.45, 2.75) is 20.0 Å². The highest BCUT2D eigenvalue weighted by atomic mass is 16.5. The van der Waals surface area contributed by atoms with Crippen LogP contribution < -0.4 is 15.4 Å². The van der Waals surface area contributed by atoms with Gasteiger partial charge in [0.05, 0.1) is 19.0 Å². The molecular weight excluding hydrogens is 392 g/mol. The van der Waals surface area contributed by atoms with Gasteiger partial charge < -0.3 is 20.5 Å². The van der Waals surface area contributed by atoms with E-state index in [9.17, 15) is 14.4 Å². The summed E-state index contributed by atoms with van der Waals surface area (Å²) in [6.07, 6.45) is 2.65. The van der Waals surface area contributed by atoms with Crippen molar-refractivity contribution in [1.82, 2.24) is 19.6 Å². The lowest BCUT2D eigenvalue weighted by Gasteiger charge is -2.11. The van der Waals surface area contributed by atoms with E-state index in [4.69, 9.17) is 9.84 Å². The zero-order valence-electron chi connectivity index (χ0n) is 16.3. The third-order valence-corrected chi connectivity index (χ3v) is 4.18. The number of carboxylic acids is 1. The number of carbonyl (C=O) groups is 3. The molecule has 3 rings (SSSR count). The summed E-state index contributed by atoms with van der Waals surface area (Å²) in [6.45, 7) is 1.88. The Kier molecular flexibility index (Phi) is 6.11. The number of aromatic nitrogens is 4. The molecule has 0 saturated heterocycles. The fraction of sp³-hybridized carbons (Fsp3) is 0.211. The van der Waals surface area contributed by atoms with Crippen molar-refractivity contribution in [3.05, 3.63) is 54.1 Å². The lowest BCUT2D eigenvalue weighted by atomic mass is 10.2. The van der Waals surface area contributed by atoms with Crippen LogP contribution in [0.15, 0.2) is 42.7 Å². The molecule has 1 aromatic carbocycles. The van der Waals surface area contributed by atoms with Crippen molar-refractivity contribution in [1.29, 1.82) is 0 Å². The van der Waals surface area contributed by atoms with Gasteiger partial charge in [0, 0.05) is 24.5 Å². The van der Waals surface area contributed by atoms with Crippen molar-refractivity contribution in [3.63, 3.8) is 0 Å². The van der Waals surface area contributed by atoms with Gasteiger partial charge in [-0.05, 0) is 25.1 Å². The quantitative estimate of drug-likeness (QED) is 0.511. The van der Waals surface area contributed by atoms with E-state index in [2.05, 4.69) is 20.8 Å². The zero-order chi connectivity index (χ0) is 21.7. The largest absolute Gasteiger partial charge is 0.497 e. The van der Waals surface area contributed by atoms with Crippen molar-refractivity contribution < 1.29 is 24.2 Å². The van der Waals surface area contributed by atoms with Crippen LogP contribution in [0.1, 0.15) is 27.9 Å². The molecule has 3 N–H and O–H groups in total. The summed E-state index contributed by atoms with van der Waals surface area (Å²) in [5.74, 6) is -1.63. The molecule has 0 spiro atoms. The third-order valence-electron chi connectivity index (χ3n) is 4.18. The third kappa shape index (κ3) is 4.46. The number of aromatic carboxylic acids is 1. The maximum absolute atomic E-state index is 12.9.